The lowest BCUT2D eigenvalue weighted by atomic mass is 10.1. The number of rotatable bonds is 4. The Morgan fingerprint density at radius 1 is 1.36 bits per heavy atom. The van der Waals surface area contributed by atoms with Crippen LogP contribution in [0.15, 0.2) is 0 Å². The highest BCUT2D eigenvalue weighted by molar-refractivity contribution is 5.64. The predicted octanol–water partition coefficient (Wildman–Crippen LogP) is 1.91. The van der Waals surface area contributed by atoms with E-state index in [-0.39, 0.29) is 6.10 Å². The minimum absolute atomic E-state index is 0.0464. The first-order valence-corrected chi connectivity index (χ1v) is 3.98. The third kappa shape index (κ3) is 7.16. The second kappa shape index (κ2) is 4.99. The van der Waals surface area contributed by atoms with Gasteiger partial charge in [0.25, 0.3) is 0 Å². The van der Waals surface area contributed by atoms with Gasteiger partial charge in [-0.25, -0.2) is 4.79 Å². The fourth-order valence-electron chi connectivity index (χ4n) is 0.825. The first-order chi connectivity index (χ1) is 5.02. The van der Waals surface area contributed by atoms with Crippen molar-refractivity contribution in [3.05, 3.63) is 0 Å². The molecule has 1 atom stereocenters. The van der Waals surface area contributed by atoms with Gasteiger partial charge in [-0.1, -0.05) is 13.8 Å². The SMILES string of the molecule is CC(C)CCC(C)OC(N)=O. The lowest BCUT2D eigenvalue weighted by molar-refractivity contribution is 0.108. The number of nitrogens with two attached hydrogens (primary N) is 1. The zero-order valence-electron chi connectivity index (χ0n) is 7.46. The molecule has 0 spiro atoms. The molecule has 0 radical (unpaired) electrons. The highest BCUT2D eigenvalue weighted by atomic mass is 16.6. The van der Waals surface area contributed by atoms with Crippen molar-refractivity contribution in [1.29, 1.82) is 0 Å². The summed E-state index contributed by atoms with van der Waals surface area (Å²) in [7, 11) is 0. The molecule has 1 unspecified atom stereocenters. The van der Waals surface area contributed by atoms with Crippen molar-refractivity contribution in [2.75, 3.05) is 0 Å². The Labute approximate surface area is 67.9 Å². The first kappa shape index (κ1) is 10.3. The fourth-order valence-corrected chi connectivity index (χ4v) is 0.825. The summed E-state index contributed by atoms with van der Waals surface area (Å²) in [5, 5.41) is 0. The standard InChI is InChI=1S/C8H17NO2/c1-6(2)4-5-7(3)11-8(9)10/h6-7H,4-5H2,1-3H3,(H2,9,10). The Morgan fingerprint density at radius 3 is 2.27 bits per heavy atom. The van der Waals surface area contributed by atoms with Crippen molar-refractivity contribution in [2.24, 2.45) is 11.7 Å². The second-order valence-corrected chi connectivity index (χ2v) is 3.22. The van der Waals surface area contributed by atoms with Crippen molar-refractivity contribution in [1.82, 2.24) is 0 Å². The van der Waals surface area contributed by atoms with E-state index in [2.05, 4.69) is 13.8 Å². The van der Waals surface area contributed by atoms with Crippen molar-refractivity contribution in [3.8, 4) is 0 Å². The molecule has 11 heavy (non-hydrogen) atoms. The molecule has 0 rings (SSSR count). The molecule has 0 aromatic rings. The molecule has 0 bridgehead atoms. The van der Waals surface area contributed by atoms with E-state index < -0.39 is 6.09 Å². The Bertz CT molecular complexity index is 123. The summed E-state index contributed by atoms with van der Waals surface area (Å²) in [5.74, 6) is 0.647. The van der Waals surface area contributed by atoms with Crippen LogP contribution in [0, 0.1) is 5.92 Å². The van der Waals surface area contributed by atoms with Crippen LogP contribution >= 0.6 is 0 Å². The molecule has 0 aliphatic heterocycles. The number of carbonyl (C=O) groups is 1. The van der Waals surface area contributed by atoms with Crippen LogP contribution in [0.3, 0.4) is 0 Å². The Hall–Kier alpha value is -0.730. The monoisotopic (exact) mass is 159 g/mol. The summed E-state index contributed by atoms with van der Waals surface area (Å²) in [6.45, 7) is 6.13. The Kier molecular flexibility index (Phi) is 4.66. The van der Waals surface area contributed by atoms with Crippen molar-refractivity contribution < 1.29 is 9.53 Å². The normalized spacial score (nSPS) is 13.1. The quantitative estimate of drug-likeness (QED) is 0.681. The molecule has 0 heterocycles. The highest BCUT2D eigenvalue weighted by Crippen LogP contribution is 2.08. The van der Waals surface area contributed by atoms with E-state index in [0.717, 1.165) is 12.8 Å². The number of amides is 1. The molecule has 0 saturated carbocycles. The van der Waals surface area contributed by atoms with Gasteiger partial charge in [-0.05, 0) is 25.7 Å². The van der Waals surface area contributed by atoms with E-state index in [1.54, 1.807) is 0 Å². The minimum Gasteiger partial charge on any atom is -0.447 e. The molecular formula is C8H17NO2. The predicted molar refractivity (Wildman–Crippen MR) is 44.2 cm³/mol. The topological polar surface area (TPSA) is 52.3 Å². The van der Waals surface area contributed by atoms with Crippen molar-refractivity contribution in [3.63, 3.8) is 0 Å². The summed E-state index contributed by atoms with van der Waals surface area (Å²) in [5.41, 5.74) is 4.84. The summed E-state index contributed by atoms with van der Waals surface area (Å²) in [6.07, 6.45) is 1.23. The molecule has 0 aliphatic carbocycles. The summed E-state index contributed by atoms with van der Waals surface area (Å²) in [4.78, 5) is 10.3. The zero-order valence-corrected chi connectivity index (χ0v) is 7.46. The third-order valence-electron chi connectivity index (χ3n) is 1.47. The molecule has 3 heteroatoms. The first-order valence-electron chi connectivity index (χ1n) is 3.98. The largest absolute Gasteiger partial charge is 0.447 e. The Balaban J connectivity index is 3.37. The number of carbonyl (C=O) groups excluding carboxylic acids is 1. The number of hydrogen-bond donors (Lipinski definition) is 1. The maximum absolute atomic E-state index is 10.3. The molecule has 0 aromatic heterocycles. The van der Waals surface area contributed by atoms with Gasteiger partial charge in [-0.2, -0.15) is 0 Å². The lowest BCUT2D eigenvalue weighted by Gasteiger charge is -2.11. The fraction of sp³-hybridized carbons (Fsp3) is 0.875. The maximum Gasteiger partial charge on any atom is 0.404 e. The van der Waals surface area contributed by atoms with Gasteiger partial charge in [0.1, 0.15) is 6.10 Å². The van der Waals surface area contributed by atoms with Crippen LogP contribution in [-0.4, -0.2) is 12.2 Å². The molecule has 3 nitrogen and oxygen atoms in total. The van der Waals surface area contributed by atoms with Crippen LogP contribution in [0.25, 0.3) is 0 Å². The van der Waals surface area contributed by atoms with Gasteiger partial charge >= 0.3 is 6.09 Å². The average molecular weight is 159 g/mol. The van der Waals surface area contributed by atoms with Gasteiger partial charge in [0.05, 0.1) is 0 Å². The zero-order chi connectivity index (χ0) is 8.85. The van der Waals surface area contributed by atoms with Crippen LogP contribution in [0.5, 0.6) is 0 Å². The number of hydrogen-bond acceptors (Lipinski definition) is 2. The summed E-state index contributed by atoms with van der Waals surface area (Å²) < 4.78 is 4.74. The van der Waals surface area contributed by atoms with E-state index in [1.165, 1.54) is 0 Å². The van der Waals surface area contributed by atoms with Gasteiger partial charge in [0.15, 0.2) is 0 Å². The van der Waals surface area contributed by atoms with Crippen LogP contribution in [0.1, 0.15) is 33.6 Å². The van der Waals surface area contributed by atoms with Gasteiger partial charge < -0.3 is 10.5 Å². The Morgan fingerprint density at radius 2 is 1.91 bits per heavy atom. The minimum atomic E-state index is -0.679. The number of ether oxygens (including phenoxy) is 1. The third-order valence-corrected chi connectivity index (χ3v) is 1.47. The smallest absolute Gasteiger partial charge is 0.404 e. The molecule has 0 aromatic carbocycles. The van der Waals surface area contributed by atoms with E-state index in [9.17, 15) is 4.79 Å². The van der Waals surface area contributed by atoms with E-state index in [0.29, 0.717) is 5.92 Å². The number of primary amides is 1. The van der Waals surface area contributed by atoms with Gasteiger partial charge in [-0.3, -0.25) is 0 Å². The van der Waals surface area contributed by atoms with E-state index in [1.807, 2.05) is 6.92 Å². The van der Waals surface area contributed by atoms with Gasteiger partial charge in [0.2, 0.25) is 0 Å². The van der Waals surface area contributed by atoms with E-state index in [4.69, 9.17) is 10.5 Å². The average Bonchev–Trinajstić information content (AvgIpc) is 1.82. The van der Waals surface area contributed by atoms with Gasteiger partial charge in [0, 0.05) is 0 Å². The van der Waals surface area contributed by atoms with Gasteiger partial charge in [-0.15, -0.1) is 0 Å². The molecule has 0 aliphatic rings. The van der Waals surface area contributed by atoms with Crippen molar-refractivity contribution >= 4 is 6.09 Å². The molecule has 1 amide bonds. The van der Waals surface area contributed by atoms with Crippen LogP contribution < -0.4 is 5.73 Å². The molecule has 2 N–H and O–H groups in total. The summed E-state index contributed by atoms with van der Waals surface area (Å²) in [6, 6.07) is 0. The molecule has 0 saturated heterocycles. The summed E-state index contributed by atoms with van der Waals surface area (Å²) >= 11 is 0. The van der Waals surface area contributed by atoms with Crippen molar-refractivity contribution in [2.45, 2.75) is 39.7 Å². The second-order valence-electron chi connectivity index (χ2n) is 3.22. The molecule has 66 valence electrons. The van der Waals surface area contributed by atoms with E-state index >= 15 is 0 Å². The molecular weight excluding hydrogens is 142 g/mol. The maximum atomic E-state index is 10.3. The van der Waals surface area contributed by atoms with Crippen LogP contribution in [-0.2, 0) is 4.74 Å². The van der Waals surface area contributed by atoms with Crippen LogP contribution in [0.2, 0.25) is 0 Å². The molecule has 0 fully saturated rings. The van der Waals surface area contributed by atoms with Crippen LogP contribution in [0.4, 0.5) is 4.79 Å². The highest BCUT2D eigenvalue weighted by Gasteiger charge is 2.06. The lowest BCUT2D eigenvalue weighted by Crippen LogP contribution is -2.20.